The van der Waals surface area contributed by atoms with Gasteiger partial charge in [-0.25, -0.2) is 0 Å². The molecule has 1 aliphatic heterocycles. The third-order valence-electron chi connectivity index (χ3n) is 1.42. The zero-order valence-corrected chi connectivity index (χ0v) is 16.0. The Morgan fingerprint density at radius 1 is 0.579 bits per heavy atom. The van der Waals surface area contributed by atoms with Gasteiger partial charge in [-0.15, -0.1) is 0 Å². The molecule has 16 heteroatoms. The minimum Gasteiger partial charge on any atom is -0.0954 e. The van der Waals surface area contributed by atoms with Crippen molar-refractivity contribution in [3.8, 4) is 0 Å². The lowest BCUT2D eigenvalue weighted by molar-refractivity contribution is -1.60. The maximum atomic E-state index is 5.84. The minimum absolute atomic E-state index is 0.948. The molecule has 1 fully saturated rings. The molecule has 0 aromatic carbocycles. The Labute approximate surface area is 139 Å². The van der Waals surface area contributed by atoms with E-state index in [1.54, 1.807) is 0 Å². The molecule has 114 valence electrons. The van der Waals surface area contributed by atoms with Gasteiger partial charge in [-0.1, -0.05) is 29.2 Å². The molecule has 2 atom stereocenters. The van der Waals surface area contributed by atoms with Crippen molar-refractivity contribution in [3.05, 3.63) is 0 Å². The van der Waals surface area contributed by atoms with Crippen molar-refractivity contribution < 1.29 is 34.2 Å². The van der Waals surface area contributed by atoms with Gasteiger partial charge in [0.25, 0.3) is 63.0 Å². The largest absolute Gasteiger partial charge is 0.253 e. The van der Waals surface area contributed by atoms with E-state index >= 15 is 0 Å². The summed E-state index contributed by atoms with van der Waals surface area (Å²) in [5.41, 5.74) is 0. The standard InChI is InChI=1S/C3H16I3N9O4/c1-4-12(7)16-13(8,5-2)18-15(10,11)19-14(9,6-3)17-12/h1-3,7-11H2/q+4. The first-order valence-corrected chi connectivity index (χ1v) is 11.5. The van der Waals surface area contributed by atoms with Crippen molar-refractivity contribution >= 4 is 76.6 Å². The Morgan fingerprint density at radius 3 is 1.11 bits per heavy atom. The van der Waals surface area contributed by atoms with Gasteiger partial charge in [-0.3, -0.25) is 0 Å². The molecular formula is C3H16I3N9O4+4. The summed E-state index contributed by atoms with van der Waals surface area (Å²) in [7, 11) is 0. The monoisotopic (exact) mass is 623 g/mol. The first-order chi connectivity index (χ1) is 8.51. The Morgan fingerprint density at radius 2 is 0.842 bits per heavy atom. The lowest BCUT2D eigenvalue weighted by atomic mass is 12.0. The quantitative estimate of drug-likeness (QED) is 0.103. The molecule has 0 aromatic heterocycles. The summed E-state index contributed by atoms with van der Waals surface area (Å²) in [5.74, 6) is 28.4. The molecule has 10 N–H and O–H groups in total. The molecule has 1 heterocycles. The van der Waals surface area contributed by atoms with Gasteiger partial charge in [0, 0.05) is 0 Å². The minimum atomic E-state index is -1.47. The SMILES string of the molecule is C=I[N+]1(N)O[N+](N)(N)O[N+](N)(I=C)O[N+](N)(I=C)O1. The van der Waals surface area contributed by atoms with Gasteiger partial charge in [0.2, 0.25) is 5.03 Å². The summed E-state index contributed by atoms with van der Waals surface area (Å²) in [6, 6.07) is 0. The van der Waals surface area contributed by atoms with E-state index in [2.05, 4.69) is 13.5 Å². The Hall–Kier alpha value is 1.28. The van der Waals surface area contributed by atoms with Crippen LogP contribution in [0.5, 0.6) is 0 Å². The van der Waals surface area contributed by atoms with Crippen LogP contribution in [-0.4, -0.2) is 28.0 Å². The second-order valence-electron chi connectivity index (χ2n) is 2.89. The second-order valence-corrected chi connectivity index (χ2v) is 8.97. The Kier molecular flexibility index (Phi) is 5.96. The Bertz CT molecular complexity index is 380. The molecule has 1 rings (SSSR count). The highest BCUT2D eigenvalue weighted by atomic mass is 127. The molecule has 0 aromatic rings. The van der Waals surface area contributed by atoms with Crippen LogP contribution in [0.3, 0.4) is 0 Å². The maximum absolute atomic E-state index is 5.84. The molecule has 0 bridgehead atoms. The predicted molar refractivity (Wildman–Crippen MR) is 89.7 cm³/mol. The zero-order valence-electron chi connectivity index (χ0n) is 9.56. The fourth-order valence-electron chi connectivity index (χ4n) is 0.842. The third-order valence-corrected chi connectivity index (χ3v) is 5.33. The summed E-state index contributed by atoms with van der Waals surface area (Å²) < 4.78 is 7.95. The zero-order chi connectivity index (χ0) is 14.9. The molecule has 1 aliphatic rings. The van der Waals surface area contributed by atoms with Crippen LogP contribution in [0.25, 0.3) is 0 Å². The van der Waals surface area contributed by atoms with Crippen LogP contribution in [0.2, 0.25) is 0 Å². The lowest BCUT2D eigenvalue weighted by Crippen LogP contribution is -2.77. The van der Waals surface area contributed by atoms with E-state index in [9.17, 15) is 0 Å². The van der Waals surface area contributed by atoms with E-state index in [1.807, 2.05) is 0 Å². The summed E-state index contributed by atoms with van der Waals surface area (Å²) >= 11 is -3.46. The van der Waals surface area contributed by atoms with Crippen LogP contribution in [0.15, 0.2) is 0 Å². The highest BCUT2D eigenvalue weighted by Crippen LogP contribution is 2.34. The van der Waals surface area contributed by atoms with Crippen LogP contribution >= 0.6 is 63.0 Å². The van der Waals surface area contributed by atoms with Gasteiger partial charge in [-0.2, -0.15) is 0 Å². The van der Waals surface area contributed by atoms with Gasteiger partial charge >= 0.3 is 0 Å². The van der Waals surface area contributed by atoms with E-state index in [-0.39, 0.29) is 0 Å². The molecule has 0 aliphatic carbocycles. The fraction of sp³-hybridized carbons (Fsp3) is 0. The molecule has 1 saturated heterocycles. The number of halogens is 3. The highest BCUT2D eigenvalue weighted by molar-refractivity contribution is 14.2. The van der Waals surface area contributed by atoms with E-state index in [4.69, 9.17) is 49.0 Å². The highest BCUT2D eigenvalue weighted by Gasteiger charge is 2.63. The van der Waals surface area contributed by atoms with Crippen molar-refractivity contribution in [3.63, 3.8) is 0 Å². The fourth-order valence-corrected chi connectivity index (χ4v) is 3.86. The number of nitrogens with zero attached hydrogens (tertiary/aromatic N) is 4. The maximum Gasteiger partial charge on any atom is 0.253 e. The third kappa shape index (κ3) is 4.90. The van der Waals surface area contributed by atoms with Crippen molar-refractivity contribution in [2.75, 3.05) is 0 Å². The first-order valence-electron chi connectivity index (χ1n) is 4.06. The van der Waals surface area contributed by atoms with Crippen molar-refractivity contribution in [2.45, 2.75) is 0 Å². The van der Waals surface area contributed by atoms with Crippen LogP contribution in [-0.2, 0) is 19.8 Å². The normalized spacial score (nSPS) is 43.4. The smallest absolute Gasteiger partial charge is 0.0954 e. The molecule has 0 spiro atoms. The van der Waals surface area contributed by atoms with Crippen molar-refractivity contribution in [1.82, 2.24) is 0 Å². The first kappa shape index (κ1) is 18.3. The van der Waals surface area contributed by atoms with E-state index in [1.165, 1.54) is 0 Å². The van der Waals surface area contributed by atoms with E-state index < -0.39 is 77.4 Å². The number of quaternary nitrogens is 4. The molecule has 0 saturated carbocycles. The molecule has 13 nitrogen and oxygen atoms in total. The van der Waals surface area contributed by atoms with Crippen LogP contribution < -0.4 is 29.2 Å². The van der Waals surface area contributed by atoms with Crippen LogP contribution in [0.4, 0.5) is 0 Å². The summed E-state index contributed by atoms with van der Waals surface area (Å²) in [5, 5.41) is -1.47. The van der Waals surface area contributed by atoms with Crippen molar-refractivity contribution in [1.29, 1.82) is 0 Å². The summed E-state index contributed by atoms with van der Waals surface area (Å²) in [4.78, 5) is 20.7. The molecule has 0 amide bonds. The van der Waals surface area contributed by atoms with Crippen LogP contribution in [0.1, 0.15) is 0 Å². The van der Waals surface area contributed by atoms with E-state index in [0.717, 1.165) is 0 Å². The van der Waals surface area contributed by atoms with Gasteiger partial charge in [0.15, 0.2) is 9.40 Å². The topological polar surface area (TPSA) is 167 Å². The molecule has 2 unspecified atom stereocenters. The van der Waals surface area contributed by atoms with E-state index in [0.29, 0.717) is 0 Å². The van der Waals surface area contributed by atoms with Gasteiger partial charge in [-0.05, 0) is 13.5 Å². The van der Waals surface area contributed by atoms with Crippen LogP contribution in [0, 0.1) is 0 Å². The van der Waals surface area contributed by atoms with Gasteiger partial charge in [0.1, 0.15) is 19.8 Å². The number of rotatable bonds is 3. The summed E-state index contributed by atoms with van der Waals surface area (Å²) in [6.07, 6.45) is 0. The molecule has 19 heavy (non-hydrogen) atoms. The van der Waals surface area contributed by atoms with Crippen molar-refractivity contribution in [2.24, 2.45) is 29.2 Å². The molecule has 0 radical (unpaired) electrons. The Balaban J connectivity index is 3.23. The summed E-state index contributed by atoms with van der Waals surface area (Å²) in [6.45, 7) is 0. The predicted octanol–water partition coefficient (Wildman–Crippen LogP) is -2.02. The number of hydrogen-bond acceptors (Lipinski definition) is 9. The lowest BCUT2D eigenvalue weighted by Gasteiger charge is -2.31. The average Bonchev–Trinajstić information content (AvgIpc) is 2.25. The van der Waals surface area contributed by atoms with Gasteiger partial charge in [0.05, 0.1) is 0 Å². The number of nitrogens with two attached hydrogens (primary N) is 5. The number of hydrogen-bond donors (Lipinski definition) is 5. The van der Waals surface area contributed by atoms with Gasteiger partial charge < -0.3 is 0 Å². The molecular weight excluding hydrogens is 607 g/mol. The second kappa shape index (κ2) is 6.18. The average molecular weight is 623 g/mol.